The number of barbiturate groups is 1. The number of nitrogens with zero attached hydrogens (tertiary/aromatic N) is 1. The molecular formula is C29H25BrClN3O6. The van der Waals surface area contributed by atoms with Crippen LogP contribution in [0.15, 0.2) is 58.6 Å². The summed E-state index contributed by atoms with van der Waals surface area (Å²) in [6, 6.07) is 12.7. The number of urea groups is 1. The topological polar surface area (TPSA) is 114 Å². The van der Waals surface area contributed by atoms with Gasteiger partial charge in [0.05, 0.1) is 17.3 Å². The maximum atomic E-state index is 13.3. The first-order valence-corrected chi connectivity index (χ1v) is 13.2. The Kier molecular flexibility index (Phi) is 8.61. The third-order valence-electron chi connectivity index (χ3n) is 6.08. The number of nitrogens with one attached hydrogen (secondary N) is 2. The number of hydrogen-bond acceptors (Lipinski definition) is 6. The van der Waals surface area contributed by atoms with Gasteiger partial charge >= 0.3 is 6.03 Å². The van der Waals surface area contributed by atoms with E-state index in [0.29, 0.717) is 26.3 Å². The van der Waals surface area contributed by atoms with Gasteiger partial charge in [-0.25, -0.2) is 9.69 Å². The molecule has 4 rings (SSSR count). The van der Waals surface area contributed by atoms with Crippen molar-refractivity contribution in [1.82, 2.24) is 5.32 Å². The van der Waals surface area contributed by atoms with Crippen LogP contribution in [0.5, 0.6) is 11.5 Å². The molecule has 1 aliphatic heterocycles. The lowest BCUT2D eigenvalue weighted by molar-refractivity contribution is -0.122. The SMILES string of the molecule is COc1cc(/C=C2\C(=O)NC(=O)N(c3cc(Cl)ccc3C)C2=O)cc(Br)c1OCC(=O)Nc1ccc(C)cc1C. The minimum absolute atomic E-state index is 0.253. The molecule has 1 heterocycles. The van der Waals surface area contributed by atoms with Crippen LogP contribution >= 0.6 is 27.5 Å². The number of benzene rings is 3. The molecule has 2 N–H and O–H groups in total. The number of methoxy groups -OCH3 is 1. The van der Waals surface area contributed by atoms with Crippen LogP contribution in [0, 0.1) is 20.8 Å². The van der Waals surface area contributed by atoms with Crippen LogP contribution < -0.4 is 25.0 Å². The maximum absolute atomic E-state index is 13.3. The standard InChI is InChI=1S/C29H25BrClN3O6/c1-15-5-8-22(17(3)9-15)32-25(35)14-40-26-21(30)11-18(12-24(26)39-4)10-20-27(36)33-29(38)34(28(20)37)23-13-19(31)7-6-16(23)2/h5-13H,14H2,1-4H3,(H,32,35)(H,33,36,38)/b20-10+. The molecule has 3 aromatic carbocycles. The highest BCUT2D eigenvalue weighted by Crippen LogP contribution is 2.38. The van der Waals surface area contributed by atoms with E-state index >= 15 is 0 Å². The van der Waals surface area contributed by atoms with Gasteiger partial charge in [0.2, 0.25) is 0 Å². The number of anilines is 2. The van der Waals surface area contributed by atoms with E-state index in [1.165, 1.54) is 19.3 Å². The minimum Gasteiger partial charge on any atom is -0.493 e. The van der Waals surface area contributed by atoms with E-state index in [1.807, 2.05) is 32.0 Å². The Labute approximate surface area is 244 Å². The number of rotatable bonds is 7. The van der Waals surface area contributed by atoms with Crippen LogP contribution in [-0.4, -0.2) is 37.5 Å². The first kappa shape index (κ1) is 28.8. The Bertz CT molecular complexity index is 1590. The highest BCUT2D eigenvalue weighted by molar-refractivity contribution is 9.10. The lowest BCUT2D eigenvalue weighted by Gasteiger charge is -2.27. The summed E-state index contributed by atoms with van der Waals surface area (Å²) in [6.45, 7) is 5.30. The van der Waals surface area contributed by atoms with E-state index in [9.17, 15) is 19.2 Å². The van der Waals surface area contributed by atoms with Crippen LogP contribution in [0.2, 0.25) is 5.02 Å². The zero-order valence-corrected chi connectivity index (χ0v) is 24.4. The lowest BCUT2D eigenvalue weighted by atomic mass is 10.1. The summed E-state index contributed by atoms with van der Waals surface area (Å²) >= 11 is 9.50. The zero-order valence-electron chi connectivity index (χ0n) is 22.1. The van der Waals surface area contributed by atoms with Crippen LogP contribution in [0.3, 0.4) is 0 Å². The first-order valence-electron chi connectivity index (χ1n) is 12.0. The molecule has 0 saturated carbocycles. The second-order valence-electron chi connectivity index (χ2n) is 9.08. The number of carbonyl (C=O) groups excluding carboxylic acids is 4. The van der Waals surface area contributed by atoms with Crippen LogP contribution in [-0.2, 0) is 14.4 Å². The fourth-order valence-electron chi connectivity index (χ4n) is 4.11. The third kappa shape index (κ3) is 6.19. The van der Waals surface area contributed by atoms with Crippen molar-refractivity contribution >= 4 is 68.7 Å². The van der Waals surface area contributed by atoms with Crippen molar-refractivity contribution in [2.24, 2.45) is 0 Å². The Morgan fingerprint density at radius 2 is 1.80 bits per heavy atom. The lowest BCUT2D eigenvalue weighted by Crippen LogP contribution is -2.54. The molecule has 0 radical (unpaired) electrons. The van der Waals surface area contributed by atoms with Crippen molar-refractivity contribution in [3.63, 3.8) is 0 Å². The van der Waals surface area contributed by atoms with Crippen molar-refractivity contribution in [2.45, 2.75) is 20.8 Å². The van der Waals surface area contributed by atoms with Gasteiger partial charge in [-0.3, -0.25) is 19.7 Å². The molecule has 0 atom stereocenters. The van der Waals surface area contributed by atoms with Crippen molar-refractivity contribution in [3.05, 3.63) is 85.9 Å². The maximum Gasteiger partial charge on any atom is 0.335 e. The Morgan fingerprint density at radius 3 is 2.50 bits per heavy atom. The predicted molar refractivity (Wildman–Crippen MR) is 156 cm³/mol. The average Bonchev–Trinajstić information content (AvgIpc) is 2.89. The number of aryl methyl sites for hydroxylation is 3. The summed E-state index contributed by atoms with van der Waals surface area (Å²) in [5, 5.41) is 5.34. The van der Waals surface area contributed by atoms with Gasteiger partial charge in [-0.05, 0) is 89.8 Å². The molecule has 11 heteroatoms. The zero-order chi connectivity index (χ0) is 29.1. The fourth-order valence-corrected chi connectivity index (χ4v) is 4.85. The smallest absolute Gasteiger partial charge is 0.335 e. The Hall–Kier alpha value is -4.15. The van der Waals surface area contributed by atoms with Crippen molar-refractivity contribution in [3.8, 4) is 11.5 Å². The van der Waals surface area contributed by atoms with Gasteiger partial charge in [0.15, 0.2) is 18.1 Å². The van der Waals surface area contributed by atoms with E-state index in [1.54, 1.807) is 31.2 Å². The molecule has 9 nitrogen and oxygen atoms in total. The molecule has 3 aromatic rings. The number of carbonyl (C=O) groups is 4. The summed E-state index contributed by atoms with van der Waals surface area (Å²) in [7, 11) is 1.42. The quantitative estimate of drug-likeness (QED) is 0.256. The second-order valence-corrected chi connectivity index (χ2v) is 10.4. The summed E-state index contributed by atoms with van der Waals surface area (Å²) < 4.78 is 11.6. The Morgan fingerprint density at radius 1 is 1.05 bits per heavy atom. The van der Waals surface area contributed by atoms with Crippen LogP contribution in [0.4, 0.5) is 16.2 Å². The van der Waals surface area contributed by atoms with Gasteiger partial charge in [-0.15, -0.1) is 0 Å². The van der Waals surface area contributed by atoms with E-state index in [2.05, 4.69) is 26.6 Å². The van der Waals surface area contributed by atoms with Gasteiger partial charge < -0.3 is 14.8 Å². The van der Waals surface area contributed by atoms with Gasteiger partial charge in [0.25, 0.3) is 17.7 Å². The summed E-state index contributed by atoms with van der Waals surface area (Å²) in [4.78, 5) is 51.9. The van der Waals surface area contributed by atoms with Crippen molar-refractivity contribution in [1.29, 1.82) is 0 Å². The van der Waals surface area contributed by atoms with E-state index in [0.717, 1.165) is 16.0 Å². The molecule has 5 amide bonds. The average molecular weight is 627 g/mol. The highest BCUT2D eigenvalue weighted by atomic mass is 79.9. The van der Waals surface area contributed by atoms with Gasteiger partial charge in [0, 0.05) is 10.7 Å². The van der Waals surface area contributed by atoms with Gasteiger partial charge in [-0.1, -0.05) is 35.4 Å². The number of imide groups is 2. The normalized spacial score (nSPS) is 14.3. The monoisotopic (exact) mass is 625 g/mol. The van der Waals surface area contributed by atoms with Crippen LogP contribution in [0.25, 0.3) is 6.08 Å². The highest BCUT2D eigenvalue weighted by Gasteiger charge is 2.37. The van der Waals surface area contributed by atoms with Crippen molar-refractivity contribution in [2.75, 3.05) is 23.9 Å². The van der Waals surface area contributed by atoms with Crippen molar-refractivity contribution < 1.29 is 28.7 Å². The molecule has 206 valence electrons. The fraction of sp³-hybridized carbons (Fsp3) is 0.172. The predicted octanol–water partition coefficient (Wildman–Crippen LogP) is 5.72. The largest absolute Gasteiger partial charge is 0.493 e. The van der Waals surface area contributed by atoms with E-state index in [4.69, 9.17) is 21.1 Å². The summed E-state index contributed by atoms with van der Waals surface area (Å²) in [5.74, 6) is -1.51. The van der Waals surface area contributed by atoms with Gasteiger partial charge in [-0.2, -0.15) is 0 Å². The molecule has 1 saturated heterocycles. The summed E-state index contributed by atoms with van der Waals surface area (Å²) in [6.07, 6.45) is 1.33. The van der Waals surface area contributed by atoms with E-state index < -0.39 is 17.8 Å². The second kappa shape index (κ2) is 11.9. The van der Waals surface area contributed by atoms with Gasteiger partial charge in [0.1, 0.15) is 5.57 Å². The molecule has 0 spiro atoms. The molecule has 1 fully saturated rings. The third-order valence-corrected chi connectivity index (χ3v) is 6.90. The molecule has 40 heavy (non-hydrogen) atoms. The Balaban J connectivity index is 1.57. The minimum atomic E-state index is -0.876. The van der Waals surface area contributed by atoms with E-state index in [-0.39, 0.29) is 35.3 Å². The number of hydrogen-bond donors (Lipinski definition) is 2. The molecular weight excluding hydrogens is 602 g/mol. The molecule has 1 aliphatic rings. The molecule has 0 unspecified atom stereocenters. The number of amides is 5. The number of ether oxygens (including phenoxy) is 2. The first-order chi connectivity index (χ1) is 19.0. The molecule has 0 aromatic heterocycles. The summed E-state index contributed by atoms with van der Waals surface area (Å²) in [5.41, 5.74) is 3.71. The van der Waals surface area contributed by atoms with Crippen LogP contribution in [0.1, 0.15) is 22.3 Å². The molecule has 0 bridgehead atoms. The number of halogens is 2. The molecule has 0 aliphatic carbocycles.